The van der Waals surface area contributed by atoms with Gasteiger partial charge in [0, 0.05) is 11.5 Å². The van der Waals surface area contributed by atoms with Crippen molar-refractivity contribution in [3.63, 3.8) is 0 Å². The van der Waals surface area contributed by atoms with Gasteiger partial charge < -0.3 is 10.4 Å². The summed E-state index contributed by atoms with van der Waals surface area (Å²) < 4.78 is 64.8. The average molecular weight is 556 g/mol. The van der Waals surface area contributed by atoms with Gasteiger partial charge in [-0.05, 0) is 55.4 Å². The lowest BCUT2D eigenvalue weighted by Crippen LogP contribution is -2.04. The van der Waals surface area contributed by atoms with E-state index in [4.69, 9.17) is 0 Å². The number of aromatic nitrogens is 3. The van der Waals surface area contributed by atoms with E-state index in [1.807, 2.05) is 0 Å². The number of hydrogen-bond donors (Lipinski definition) is 4. The molecule has 15 heteroatoms. The van der Waals surface area contributed by atoms with Crippen LogP contribution in [0.4, 0.5) is 11.6 Å². The molecule has 0 amide bonds. The Hall–Kier alpha value is -1.91. The van der Waals surface area contributed by atoms with Gasteiger partial charge in [-0.15, -0.1) is 0 Å². The highest BCUT2D eigenvalue weighted by Gasteiger charge is 2.20. The quantitative estimate of drug-likeness (QED) is 0.347. The van der Waals surface area contributed by atoms with Crippen molar-refractivity contribution < 1.29 is 31.0 Å². The first-order chi connectivity index (χ1) is 12.8. The molecule has 11 nitrogen and oxygen atoms in total. The minimum atomic E-state index is -4.69. The number of aromatic hydroxyl groups is 1. The van der Waals surface area contributed by atoms with Crippen molar-refractivity contribution in [1.82, 2.24) is 15.0 Å². The molecule has 4 N–H and O–H groups in total. The number of nitrogens with one attached hydrogen (secondary N) is 1. The molecule has 0 radical (unpaired) electrons. The fraction of sp³-hybridized carbons (Fsp3) is 0. The van der Waals surface area contributed by atoms with Crippen molar-refractivity contribution >= 4 is 74.5 Å². The van der Waals surface area contributed by atoms with Crippen LogP contribution in [0.3, 0.4) is 0 Å². The Labute approximate surface area is 174 Å². The first kappa shape index (κ1) is 20.8. The van der Waals surface area contributed by atoms with Crippen molar-refractivity contribution in [3.8, 4) is 5.75 Å². The van der Waals surface area contributed by atoms with Crippen molar-refractivity contribution in [2.45, 2.75) is 9.79 Å². The molecular weight excluding hydrogens is 548 g/mol. The highest BCUT2D eigenvalue weighted by molar-refractivity contribution is 9.11. The summed E-state index contributed by atoms with van der Waals surface area (Å²) in [7, 11) is -9.38. The van der Waals surface area contributed by atoms with Gasteiger partial charge in [0.2, 0.25) is 15.4 Å². The van der Waals surface area contributed by atoms with Crippen LogP contribution in [0.1, 0.15) is 0 Å². The van der Waals surface area contributed by atoms with Crippen molar-refractivity contribution in [1.29, 1.82) is 0 Å². The third-order valence-corrected chi connectivity index (χ3v) is 5.77. The van der Waals surface area contributed by atoms with Gasteiger partial charge in [-0.1, -0.05) is 0 Å². The van der Waals surface area contributed by atoms with Gasteiger partial charge in [0.15, 0.2) is 0 Å². The van der Waals surface area contributed by atoms with Crippen molar-refractivity contribution in [3.05, 3.63) is 33.7 Å². The van der Waals surface area contributed by atoms with Crippen LogP contribution in [-0.4, -0.2) is 46.0 Å². The van der Waals surface area contributed by atoms with E-state index in [-0.39, 0.29) is 31.9 Å². The summed E-state index contributed by atoms with van der Waals surface area (Å²) >= 11 is 6.11. The van der Waals surface area contributed by atoms with Crippen LogP contribution in [0.5, 0.6) is 5.75 Å². The number of fused-ring (bicyclic) bond motifs is 1. The molecular formula is C13H8Br2N4O7S2. The topological polar surface area (TPSA) is 180 Å². The third-order valence-electron chi connectivity index (χ3n) is 3.40. The van der Waals surface area contributed by atoms with Gasteiger partial charge in [0.25, 0.3) is 20.2 Å². The fourth-order valence-electron chi connectivity index (χ4n) is 2.34. The van der Waals surface area contributed by atoms with Crippen LogP contribution in [0.25, 0.3) is 10.8 Å². The molecule has 1 heterocycles. The van der Waals surface area contributed by atoms with Crippen molar-refractivity contribution in [2.75, 3.05) is 5.32 Å². The summed E-state index contributed by atoms with van der Waals surface area (Å²) in [5.41, 5.74) is -0.0606. The maximum absolute atomic E-state index is 11.6. The number of anilines is 2. The molecule has 0 atom stereocenters. The van der Waals surface area contributed by atoms with E-state index < -0.39 is 35.8 Å². The molecule has 0 bridgehead atoms. The molecule has 0 aliphatic heterocycles. The number of nitrogens with zero attached hydrogens (tertiary/aromatic N) is 3. The number of halogens is 2. The maximum atomic E-state index is 11.6. The number of hydrogen-bond acceptors (Lipinski definition) is 9. The summed E-state index contributed by atoms with van der Waals surface area (Å²) in [5, 5.41) is 12.8. The minimum Gasteiger partial charge on any atom is -0.507 e. The van der Waals surface area contributed by atoms with Crippen molar-refractivity contribution in [2.24, 2.45) is 0 Å². The van der Waals surface area contributed by atoms with Gasteiger partial charge in [-0.3, -0.25) is 9.11 Å². The molecule has 0 fully saturated rings. The maximum Gasteiger partial charge on any atom is 0.294 e. The van der Waals surface area contributed by atoms with Gasteiger partial charge >= 0.3 is 0 Å². The van der Waals surface area contributed by atoms with Crippen LogP contribution in [0, 0.1) is 0 Å². The van der Waals surface area contributed by atoms with Crippen LogP contribution in [0.15, 0.2) is 43.5 Å². The monoisotopic (exact) mass is 554 g/mol. The first-order valence-corrected chi connectivity index (χ1v) is 11.4. The van der Waals surface area contributed by atoms with E-state index in [1.165, 1.54) is 0 Å². The second kappa shape index (κ2) is 7.16. The Morgan fingerprint density at radius 1 is 0.821 bits per heavy atom. The van der Waals surface area contributed by atoms with E-state index >= 15 is 0 Å². The summed E-state index contributed by atoms with van der Waals surface area (Å²) in [6.07, 6.45) is 0. The van der Waals surface area contributed by atoms with Crippen LogP contribution in [0.2, 0.25) is 0 Å². The van der Waals surface area contributed by atoms with Gasteiger partial charge in [-0.2, -0.15) is 31.8 Å². The van der Waals surface area contributed by atoms with Crippen LogP contribution >= 0.6 is 31.9 Å². The molecule has 3 aromatic rings. The Morgan fingerprint density at radius 2 is 1.32 bits per heavy atom. The van der Waals surface area contributed by atoms with E-state index in [0.29, 0.717) is 0 Å². The second-order valence-corrected chi connectivity index (χ2v) is 9.55. The van der Waals surface area contributed by atoms with E-state index in [1.54, 1.807) is 0 Å². The second-order valence-electron chi connectivity index (χ2n) is 5.28. The summed E-state index contributed by atoms with van der Waals surface area (Å²) in [6.45, 7) is 0. The van der Waals surface area contributed by atoms with Gasteiger partial charge in [0.1, 0.15) is 5.75 Å². The number of phenolic OH excluding ortho intramolecular Hbond substituents is 1. The first-order valence-electron chi connectivity index (χ1n) is 6.94. The molecule has 3 rings (SSSR count). The number of benzene rings is 2. The largest absolute Gasteiger partial charge is 0.507 e. The lowest BCUT2D eigenvalue weighted by Gasteiger charge is -2.13. The summed E-state index contributed by atoms with van der Waals surface area (Å²) in [6, 6.07) is 3.65. The SMILES string of the molecule is O=S(=O)(O)c1cc(O)c2c(Nc3nc(Br)nc(Br)n3)cc(S(=O)(=O)O)cc2c1. The molecule has 0 saturated heterocycles. The van der Waals surface area contributed by atoms with E-state index in [9.17, 15) is 31.0 Å². The summed E-state index contributed by atoms with van der Waals surface area (Å²) in [4.78, 5) is 10.5. The molecule has 2 aromatic carbocycles. The molecule has 1 aromatic heterocycles. The molecule has 28 heavy (non-hydrogen) atoms. The van der Waals surface area contributed by atoms with Crippen LogP contribution in [-0.2, 0) is 20.2 Å². The molecule has 0 spiro atoms. The lowest BCUT2D eigenvalue weighted by molar-refractivity contribution is 0.471. The molecule has 0 unspecified atom stereocenters. The summed E-state index contributed by atoms with van der Waals surface area (Å²) in [5.74, 6) is -0.637. The number of phenols is 1. The Bertz CT molecular complexity index is 1300. The zero-order valence-electron chi connectivity index (χ0n) is 13.2. The molecule has 0 aliphatic rings. The fourth-order valence-corrected chi connectivity index (χ4v) is 4.33. The molecule has 148 valence electrons. The average Bonchev–Trinajstić information content (AvgIpc) is 2.51. The standard InChI is InChI=1S/C13H8Br2N4O7S2/c14-11-17-12(15)19-13(18-11)16-8-3-6(27(21,22)23)1-5-2-7(28(24,25)26)4-9(20)10(5)8/h1-4,20H,(H,21,22,23)(H,24,25,26)(H,16,17,18,19). The van der Waals surface area contributed by atoms with E-state index in [0.717, 1.165) is 24.3 Å². The third kappa shape index (κ3) is 4.39. The van der Waals surface area contributed by atoms with Gasteiger partial charge in [-0.25, -0.2) is 0 Å². The minimum absolute atomic E-state index is 0.00698. The Balaban J connectivity index is 2.33. The Morgan fingerprint density at radius 3 is 1.82 bits per heavy atom. The smallest absolute Gasteiger partial charge is 0.294 e. The van der Waals surface area contributed by atoms with Gasteiger partial charge in [0.05, 0.1) is 15.5 Å². The predicted molar refractivity (Wildman–Crippen MR) is 104 cm³/mol. The predicted octanol–water partition coefficient (Wildman–Crippen LogP) is 2.49. The Kier molecular flexibility index (Phi) is 5.32. The van der Waals surface area contributed by atoms with Crippen LogP contribution < -0.4 is 5.32 Å². The normalized spacial score (nSPS) is 12.3. The highest BCUT2D eigenvalue weighted by atomic mass is 79.9. The number of rotatable bonds is 4. The van der Waals surface area contributed by atoms with E-state index in [2.05, 4.69) is 52.1 Å². The zero-order chi connectivity index (χ0) is 20.9. The zero-order valence-corrected chi connectivity index (χ0v) is 18.0. The highest BCUT2D eigenvalue weighted by Crippen LogP contribution is 2.37. The molecule has 0 aliphatic carbocycles. The molecule has 0 saturated carbocycles. The lowest BCUT2D eigenvalue weighted by atomic mass is 10.1.